The number of carbonyl (C=O) groups excluding carboxylic acids is 1. The van der Waals surface area contributed by atoms with Crippen molar-refractivity contribution >= 4 is 68.2 Å². The van der Waals surface area contributed by atoms with Crippen molar-refractivity contribution in [2.75, 3.05) is 16.8 Å². The van der Waals surface area contributed by atoms with Gasteiger partial charge in [-0.1, -0.05) is 39.1 Å². The molecule has 0 aliphatic carbocycles. The summed E-state index contributed by atoms with van der Waals surface area (Å²) in [6, 6.07) is 10.5. The lowest BCUT2D eigenvalue weighted by molar-refractivity contribution is -0.113. The van der Waals surface area contributed by atoms with E-state index in [9.17, 15) is 4.79 Å². The average Bonchev–Trinajstić information content (AvgIpc) is 2.42. The van der Waals surface area contributed by atoms with Crippen molar-refractivity contribution < 1.29 is 4.79 Å². The van der Waals surface area contributed by atoms with Gasteiger partial charge in [0.2, 0.25) is 5.91 Å². The molecule has 3 nitrogen and oxygen atoms in total. The van der Waals surface area contributed by atoms with Gasteiger partial charge in [0.25, 0.3) is 0 Å². The van der Waals surface area contributed by atoms with Gasteiger partial charge in [-0.15, -0.1) is 11.8 Å². The summed E-state index contributed by atoms with van der Waals surface area (Å²) in [7, 11) is 0. The maximum absolute atomic E-state index is 11.9. The highest BCUT2D eigenvalue weighted by Gasteiger charge is 2.07. The lowest BCUT2D eigenvalue weighted by Gasteiger charge is -2.08. The predicted molar refractivity (Wildman–Crippen MR) is 94.4 cm³/mol. The second-order valence-corrected chi connectivity index (χ2v) is 6.90. The molecule has 2 aromatic carbocycles. The molecule has 2 aromatic rings. The minimum absolute atomic E-state index is 0.138. The van der Waals surface area contributed by atoms with Crippen LogP contribution >= 0.6 is 50.9 Å². The normalized spacial score (nSPS) is 10.4. The molecule has 0 unspecified atom stereocenters. The largest absolute Gasteiger partial charge is 0.398 e. The molecule has 0 saturated carbocycles. The third-order valence-electron chi connectivity index (χ3n) is 2.53. The summed E-state index contributed by atoms with van der Waals surface area (Å²) >= 11 is 16.4. The topological polar surface area (TPSA) is 55.1 Å². The van der Waals surface area contributed by atoms with Gasteiger partial charge in [0.05, 0.1) is 15.8 Å². The van der Waals surface area contributed by atoms with Gasteiger partial charge in [0.1, 0.15) is 0 Å². The average molecular weight is 406 g/mol. The van der Waals surface area contributed by atoms with E-state index in [2.05, 4.69) is 21.2 Å². The van der Waals surface area contributed by atoms with Gasteiger partial charge < -0.3 is 11.1 Å². The number of hydrogen-bond donors (Lipinski definition) is 2. The van der Waals surface area contributed by atoms with Crippen LogP contribution in [0.3, 0.4) is 0 Å². The van der Waals surface area contributed by atoms with Gasteiger partial charge >= 0.3 is 0 Å². The van der Waals surface area contributed by atoms with E-state index >= 15 is 0 Å². The zero-order chi connectivity index (χ0) is 15.4. The summed E-state index contributed by atoms with van der Waals surface area (Å²) in [5, 5.41) is 3.61. The molecule has 7 heteroatoms. The number of carbonyl (C=O) groups is 1. The summed E-state index contributed by atoms with van der Waals surface area (Å²) in [4.78, 5) is 12.8. The number of hydrogen-bond acceptors (Lipinski definition) is 3. The summed E-state index contributed by atoms with van der Waals surface area (Å²) in [6.07, 6.45) is 0. The van der Waals surface area contributed by atoms with Gasteiger partial charge in [-0.2, -0.15) is 0 Å². The van der Waals surface area contributed by atoms with Gasteiger partial charge in [-0.3, -0.25) is 4.79 Å². The number of rotatable bonds is 4. The first-order chi connectivity index (χ1) is 9.95. The lowest BCUT2D eigenvalue weighted by Crippen LogP contribution is -2.14. The van der Waals surface area contributed by atoms with Crippen molar-refractivity contribution in [2.24, 2.45) is 0 Å². The van der Waals surface area contributed by atoms with Crippen molar-refractivity contribution in [3.8, 4) is 0 Å². The second-order valence-electron chi connectivity index (χ2n) is 4.15. The molecule has 0 aromatic heterocycles. The SMILES string of the molecule is Nc1cc(Br)ccc1SCC(=O)Nc1ccc(Cl)c(Cl)c1. The third kappa shape index (κ3) is 4.81. The molecule has 0 atom stereocenters. The van der Waals surface area contributed by atoms with Gasteiger partial charge in [0.15, 0.2) is 0 Å². The van der Waals surface area contributed by atoms with Crippen LogP contribution in [0.25, 0.3) is 0 Å². The fourth-order valence-electron chi connectivity index (χ4n) is 1.57. The van der Waals surface area contributed by atoms with E-state index in [-0.39, 0.29) is 11.7 Å². The van der Waals surface area contributed by atoms with Crippen LogP contribution in [0.15, 0.2) is 45.8 Å². The molecule has 0 fully saturated rings. The molecule has 0 bridgehead atoms. The Morgan fingerprint density at radius 3 is 2.62 bits per heavy atom. The number of nitrogen functional groups attached to an aromatic ring is 1. The Morgan fingerprint density at radius 2 is 1.95 bits per heavy atom. The van der Waals surface area contributed by atoms with Gasteiger partial charge in [-0.25, -0.2) is 0 Å². The first kappa shape index (κ1) is 16.5. The highest BCUT2D eigenvalue weighted by atomic mass is 79.9. The summed E-state index contributed by atoms with van der Waals surface area (Å²) in [5.74, 6) is 0.118. The number of nitrogens with two attached hydrogens (primary N) is 1. The molecule has 0 heterocycles. The van der Waals surface area contributed by atoms with E-state index in [0.717, 1.165) is 9.37 Å². The van der Waals surface area contributed by atoms with Crippen molar-refractivity contribution in [3.05, 3.63) is 50.9 Å². The minimum Gasteiger partial charge on any atom is -0.398 e. The van der Waals surface area contributed by atoms with E-state index in [0.29, 0.717) is 21.4 Å². The fraction of sp³-hybridized carbons (Fsp3) is 0.0714. The molecule has 0 spiro atoms. The Labute approximate surface area is 145 Å². The third-order valence-corrected chi connectivity index (χ3v) is 4.86. The van der Waals surface area contributed by atoms with E-state index in [4.69, 9.17) is 28.9 Å². The standard InChI is InChI=1S/C14H11BrCl2N2OS/c15-8-1-4-13(12(18)5-8)21-7-14(20)19-9-2-3-10(16)11(17)6-9/h1-6H,7,18H2,(H,19,20). The second kappa shape index (κ2) is 7.40. The Hall–Kier alpha value is -0.880. The Kier molecular flexibility index (Phi) is 5.81. The number of benzene rings is 2. The van der Waals surface area contributed by atoms with Crippen LogP contribution in [-0.2, 0) is 4.79 Å². The highest BCUT2D eigenvalue weighted by molar-refractivity contribution is 9.10. The van der Waals surface area contributed by atoms with Crippen LogP contribution in [0.4, 0.5) is 11.4 Å². The Bertz CT molecular complexity index is 682. The maximum Gasteiger partial charge on any atom is 0.234 e. The van der Waals surface area contributed by atoms with Crippen molar-refractivity contribution in [2.45, 2.75) is 4.90 Å². The number of nitrogens with one attached hydrogen (secondary N) is 1. The predicted octanol–water partition coefficient (Wildman–Crippen LogP) is 5.07. The maximum atomic E-state index is 11.9. The molecule has 0 radical (unpaired) electrons. The van der Waals surface area contributed by atoms with Crippen LogP contribution in [-0.4, -0.2) is 11.7 Å². The van der Waals surface area contributed by atoms with Crippen LogP contribution in [0, 0.1) is 0 Å². The molecular weight excluding hydrogens is 395 g/mol. The van der Waals surface area contributed by atoms with Crippen LogP contribution < -0.4 is 11.1 Å². The van der Waals surface area contributed by atoms with Crippen LogP contribution in [0.1, 0.15) is 0 Å². The van der Waals surface area contributed by atoms with Crippen molar-refractivity contribution in [1.29, 1.82) is 0 Å². The molecular formula is C14H11BrCl2N2OS. The smallest absolute Gasteiger partial charge is 0.234 e. The first-order valence-corrected chi connectivity index (χ1v) is 8.42. The monoisotopic (exact) mass is 404 g/mol. The van der Waals surface area contributed by atoms with Crippen molar-refractivity contribution in [1.82, 2.24) is 0 Å². The number of amides is 1. The Morgan fingerprint density at radius 1 is 1.19 bits per heavy atom. The zero-order valence-electron chi connectivity index (χ0n) is 10.7. The minimum atomic E-state index is -0.138. The quantitative estimate of drug-likeness (QED) is 0.551. The molecule has 21 heavy (non-hydrogen) atoms. The number of halogens is 3. The first-order valence-electron chi connectivity index (χ1n) is 5.88. The summed E-state index contributed by atoms with van der Waals surface area (Å²) in [5.41, 5.74) is 7.13. The molecule has 0 aliphatic heterocycles. The molecule has 0 saturated heterocycles. The summed E-state index contributed by atoms with van der Waals surface area (Å²) in [6.45, 7) is 0. The molecule has 0 aliphatic rings. The van der Waals surface area contributed by atoms with E-state index < -0.39 is 0 Å². The van der Waals surface area contributed by atoms with E-state index in [1.807, 2.05) is 12.1 Å². The Balaban J connectivity index is 1.94. The summed E-state index contributed by atoms with van der Waals surface area (Å²) < 4.78 is 0.907. The number of thioether (sulfide) groups is 1. The van der Waals surface area contributed by atoms with Gasteiger partial charge in [0, 0.05) is 20.7 Å². The van der Waals surface area contributed by atoms with E-state index in [1.54, 1.807) is 24.3 Å². The lowest BCUT2D eigenvalue weighted by atomic mass is 10.3. The van der Waals surface area contributed by atoms with Crippen LogP contribution in [0.2, 0.25) is 10.0 Å². The fourth-order valence-corrected chi connectivity index (χ4v) is 2.99. The molecule has 1 amide bonds. The zero-order valence-corrected chi connectivity index (χ0v) is 14.6. The van der Waals surface area contributed by atoms with Crippen LogP contribution in [0.5, 0.6) is 0 Å². The van der Waals surface area contributed by atoms with Crippen molar-refractivity contribution in [3.63, 3.8) is 0 Å². The van der Waals surface area contributed by atoms with E-state index in [1.165, 1.54) is 11.8 Å². The molecule has 2 rings (SSSR count). The molecule has 110 valence electrons. The highest BCUT2D eigenvalue weighted by Crippen LogP contribution is 2.28. The molecule has 3 N–H and O–H groups in total. The van der Waals surface area contributed by atoms with Gasteiger partial charge in [-0.05, 0) is 36.4 Å². The number of anilines is 2.